The second kappa shape index (κ2) is 9.37. The zero-order chi connectivity index (χ0) is 24.8. The first-order chi connectivity index (χ1) is 16.1. The van der Waals surface area contributed by atoms with Gasteiger partial charge in [0.25, 0.3) is 0 Å². The average molecular weight is 481 g/mol. The standard InChI is InChI=1S/C24H40N4O6/c1-14(2)16(13-29)28-19(21(31)26-6-7-27-8-10-33-11-9-27)24-12-15(3)23(4,34-24)17(20(30)25-5)18(24)22(28)32/h14-19,29H,6-13H2,1-5H3,(H,25,30)(H,26,31)/t15?,16-,17+,18-,19?,23-,24?/m0/s1. The summed E-state index contributed by atoms with van der Waals surface area (Å²) >= 11 is 0. The van der Waals surface area contributed by atoms with Gasteiger partial charge in [-0.15, -0.1) is 0 Å². The van der Waals surface area contributed by atoms with E-state index in [0.717, 1.165) is 13.1 Å². The molecular formula is C24H40N4O6. The van der Waals surface area contributed by atoms with Gasteiger partial charge in [-0.3, -0.25) is 19.3 Å². The number of aliphatic hydroxyl groups is 1. The maximum absolute atomic E-state index is 13.9. The molecular weight excluding hydrogens is 440 g/mol. The van der Waals surface area contributed by atoms with E-state index in [-0.39, 0.29) is 36.2 Å². The van der Waals surface area contributed by atoms with E-state index in [4.69, 9.17) is 9.47 Å². The summed E-state index contributed by atoms with van der Waals surface area (Å²) in [7, 11) is 1.56. The number of carbonyl (C=O) groups excluding carboxylic acids is 3. The van der Waals surface area contributed by atoms with Crippen molar-refractivity contribution in [2.75, 3.05) is 53.0 Å². The van der Waals surface area contributed by atoms with Gasteiger partial charge in [0.2, 0.25) is 17.7 Å². The van der Waals surface area contributed by atoms with Gasteiger partial charge in [-0.25, -0.2) is 0 Å². The Bertz CT molecular complexity index is 817. The topological polar surface area (TPSA) is 120 Å². The van der Waals surface area contributed by atoms with Crippen LogP contribution >= 0.6 is 0 Å². The van der Waals surface area contributed by atoms with Gasteiger partial charge in [0, 0.05) is 33.2 Å². The smallest absolute Gasteiger partial charge is 0.245 e. The van der Waals surface area contributed by atoms with Gasteiger partial charge in [0.05, 0.1) is 43.3 Å². The first-order valence-electron chi connectivity index (χ1n) is 12.5. The minimum absolute atomic E-state index is 0.00548. The first-order valence-corrected chi connectivity index (χ1v) is 12.5. The number of rotatable bonds is 8. The molecule has 4 aliphatic heterocycles. The van der Waals surface area contributed by atoms with Crippen LogP contribution in [-0.2, 0) is 23.9 Å². The zero-order valence-electron chi connectivity index (χ0n) is 21.0. The van der Waals surface area contributed by atoms with E-state index in [1.165, 1.54) is 4.90 Å². The summed E-state index contributed by atoms with van der Waals surface area (Å²) in [6, 6.07) is -1.44. The van der Waals surface area contributed by atoms with E-state index < -0.39 is 35.1 Å². The number of carbonyl (C=O) groups is 3. The van der Waals surface area contributed by atoms with Crippen molar-refractivity contribution >= 4 is 17.7 Å². The van der Waals surface area contributed by atoms with Crippen molar-refractivity contribution < 1.29 is 29.0 Å². The number of nitrogens with one attached hydrogen (secondary N) is 2. The predicted molar refractivity (Wildman–Crippen MR) is 124 cm³/mol. The van der Waals surface area contributed by atoms with Crippen molar-refractivity contribution in [1.29, 1.82) is 0 Å². The van der Waals surface area contributed by atoms with Gasteiger partial charge in [0.1, 0.15) is 11.6 Å². The van der Waals surface area contributed by atoms with Crippen LogP contribution in [0.2, 0.25) is 0 Å². The molecule has 4 fully saturated rings. The lowest BCUT2D eigenvalue weighted by Crippen LogP contribution is -2.59. The Hall–Kier alpha value is -1.75. The zero-order valence-corrected chi connectivity index (χ0v) is 21.0. The van der Waals surface area contributed by atoms with E-state index in [2.05, 4.69) is 15.5 Å². The highest BCUT2D eigenvalue weighted by Crippen LogP contribution is 2.65. The van der Waals surface area contributed by atoms with Gasteiger partial charge in [-0.2, -0.15) is 0 Å². The summed E-state index contributed by atoms with van der Waals surface area (Å²) in [6.07, 6.45) is 0.516. The van der Waals surface area contributed by atoms with Crippen molar-refractivity contribution in [3.8, 4) is 0 Å². The van der Waals surface area contributed by atoms with Gasteiger partial charge < -0.3 is 30.1 Å². The van der Waals surface area contributed by atoms with Crippen LogP contribution in [0.3, 0.4) is 0 Å². The second-order valence-electron chi connectivity index (χ2n) is 10.8. The third kappa shape index (κ3) is 3.73. The van der Waals surface area contributed by atoms with Gasteiger partial charge in [-0.1, -0.05) is 20.8 Å². The van der Waals surface area contributed by atoms with Crippen LogP contribution in [0, 0.1) is 23.7 Å². The van der Waals surface area contributed by atoms with Crippen molar-refractivity contribution in [3.05, 3.63) is 0 Å². The molecule has 0 aromatic heterocycles. The molecule has 4 heterocycles. The monoisotopic (exact) mass is 480 g/mol. The predicted octanol–water partition coefficient (Wildman–Crippen LogP) is -0.792. The molecule has 34 heavy (non-hydrogen) atoms. The maximum Gasteiger partial charge on any atom is 0.245 e. The molecule has 3 N–H and O–H groups in total. The molecule has 10 heteroatoms. The van der Waals surface area contributed by atoms with Crippen LogP contribution in [-0.4, -0.2) is 109 Å². The highest BCUT2D eigenvalue weighted by atomic mass is 16.5. The van der Waals surface area contributed by atoms with Crippen LogP contribution in [0.4, 0.5) is 0 Å². The Balaban J connectivity index is 1.66. The van der Waals surface area contributed by atoms with Crippen molar-refractivity contribution in [1.82, 2.24) is 20.4 Å². The number of likely N-dealkylation sites (tertiary alicyclic amines) is 1. The largest absolute Gasteiger partial charge is 0.394 e. The third-order valence-electron chi connectivity index (χ3n) is 8.67. The number of fused-ring (bicyclic) bond motifs is 1. The summed E-state index contributed by atoms with van der Waals surface area (Å²) in [5.41, 5.74) is -1.92. The molecule has 10 nitrogen and oxygen atoms in total. The fraction of sp³-hybridized carbons (Fsp3) is 0.875. The molecule has 4 aliphatic rings. The average Bonchev–Trinajstić information content (AvgIpc) is 3.31. The molecule has 3 amide bonds. The number of hydrogen-bond acceptors (Lipinski definition) is 7. The van der Waals surface area contributed by atoms with Crippen LogP contribution in [0.15, 0.2) is 0 Å². The molecule has 1 spiro atoms. The summed E-state index contributed by atoms with van der Waals surface area (Å²) in [5, 5.41) is 16.0. The molecule has 0 saturated carbocycles. The number of aliphatic hydroxyl groups excluding tert-OH is 1. The lowest BCUT2D eigenvalue weighted by molar-refractivity contribution is -0.151. The molecule has 2 bridgehead atoms. The molecule has 3 unspecified atom stereocenters. The second-order valence-corrected chi connectivity index (χ2v) is 10.8. The van der Waals surface area contributed by atoms with Crippen LogP contribution in [0.5, 0.6) is 0 Å². The summed E-state index contributed by atoms with van der Waals surface area (Å²) in [4.78, 5) is 44.5. The summed E-state index contributed by atoms with van der Waals surface area (Å²) in [5.74, 6) is -2.31. The first kappa shape index (κ1) is 25.3. The molecule has 0 aromatic rings. The molecule has 4 saturated heterocycles. The molecule has 0 radical (unpaired) electrons. The van der Waals surface area contributed by atoms with Crippen LogP contribution in [0.25, 0.3) is 0 Å². The molecule has 0 aromatic carbocycles. The van der Waals surface area contributed by atoms with Gasteiger partial charge >= 0.3 is 0 Å². The SMILES string of the molecule is CNC(=O)[C@H]1[C@H]2C(=O)N([C@@H](CO)C(C)C)C(C(=O)NCCN3CCOCC3)C23CC(C)[C@]1(C)O3. The lowest BCUT2D eigenvalue weighted by atomic mass is 9.62. The summed E-state index contributed by atoms with van der Waals surface area (Å²) < 4.78 is 12.0. The quantitative estimate of drug-likeness (QED) is 0.416. The summed E-state index contributed by atoms with van der Waals surface area (Å²) in [6.45, 7) is 11.6. The maximum atomic E-state index is 13.9. The van der Waals surface area contributed by atoms with E-state index >= 15 is 0 Å². The van der Waals surface area contributed by atoms with Crippen molar-refractivity contribution in [3.63, 3.8) is 0 Å². The number of morpholine rings is 1. The minimum Gasteiger partial charge on any atom is -0.394 e. The number of nitrogens with zero attached hydrogens (tertiary/aromatic N) is 2. The molecule has 192 valence electrons. The Morgan fingerprint density at radius 1 is 1.24 bits per heavy atom. The minimum atomic E-state index is -1.09. The van der Waals surface area contributed by atoms with Crippen LogP contribution < -0.4 is 10.6 Å². The van der Waals surface area contributed by atoms with Gasteiger partial charge in [0.15, 0.2) is 0 Å². The van der Waals surface area contributed by atoms with E-state index in [1.807, 2.05) is 27.7 Å². The van der Waals surface area contributed by atoms with Crippen molar-refractivity contribution in [2.45, 2.75) is 57.4 Å². The highest BCUT2D eigenvalue weighted by molar-refractivity contribution is 5.99. The van der Waals surface area contributed by atoms with E-state index in [9.17, 15) is 19.5 Å². The fourth-order valence-corrected chi connectivity index (χ4v) is 6.77. The Kier molecular flexibility index (Phi) is 6.98. The molecule has 4 rings (SSSR count). The number of ether oxygens (including phenoxy) is 2. The number of amides is 3. The van der Waals surface area contributed by atoms with Crippen molar-refractivity contribution in [2.24, 2.45) is 23.7 Å². The van der Waals surface area contributed by atoms with E-state index in [0.29, 0.717) is 32.7 Å². The van der Waals surface area contributed by atoms with E-state index in [1.54, 1.807) is 7.05 Å². The Morgan fingerprint density at radius 3 is 2.50 bits per heavy atom. The number of hydrogen-bond donors (Lipinski definition) is 3. The Labute approximate surface area is 201 Å². The lowest BCUT2D eigenvalue weighted by Gasteiger charge is -2.38. The third-order valence-corrected chi connectivity index (χ3v) is 8.67. The van der Waals surface area contributed by atoms with Crippen LogP contribution in [0.1, 0.15) is 34.1 Å². The normalized spacial score (nSPS) is 38.3. The molecule has 0 aliphatic carbocycles. The highest BCUT2D eigenvalue weighted by Gasteiger charge is 2.80. The molecule has 7 atom stereocenters. The Morgan fingerprint density at radius 2 is 1.91 bits per heavy atom. The van der Waals surface area contributed by atoms with Gasteiger partial charge in [-0.05, 0) is 25.2 Å². The fourth-order valence-electron chi connectivity index (χ4n) is 6.77.